The van der Waals surface area contributed by atoms with Gasteiger partial charge in [-0.05, 0) is 25.8 Å². The summed E-state index contributed by atoms with van der Waals surface area (Å²) in [4.78, 5) is 2.30. The van der Waals surface area contributed by atoms with Crippen LogP contribution in [-0.4, -0.2) is 35.7 Å². The summed E-state index contributed by atoms with van der Waals surface area (Å²) < 4.78 is 0. The lowest BCUT2D eigenvalue weighted by atomic mass is 10.0. The summed E-state index contributed by atoms with van der Waals surface area (Å²) in [5, 5.41) is 13.3. The molecule has 1 aromatic carbocycles. The molecule has 2 N–H and O–H groups in total. The first kappa shape index (κ1) is 13.9. The van der Waals surface area contributed by atoms with Crippen LogP contribution >= 0.6 is 0 Å². The summed E-state index contributed by atoms with van der Waals surface area (Å²) in [5.41, 5.74) is 2.02. The Bertz CT molecular complexity index is 442. The molecule has 1 aliphatic rings. The van der Waals surface area contributed by atoms with E-state index in [9.17, 15) is 5.11 Å². The molecule has 0 saturated carbocycles. The van der Waals surface area contributed by atoms with Gasteiger partial charge in [0.05, 0.1) is 12.6 Å². The van der Waals surface area contributed by atoms with Crippen molar-refractivity contribution in [1.82, 2.24) is 4.90 Å². The number of nitrogens with one attached hydrogen (secondary N) is 1. The third-order valence-corrected chi connectivity index (χ3v) is 3.67. The summed E-state index contributed by atoms with van der Waals surface area (Å²) in [6, 6.07) is 8.44. The van der Waals surface area contributed by atoms with Crippen LogP contribution in [0.1, 0.15) is 31.4 Å². The van der Waals surface area contributed by atoms with Gasteiger partial charge in [-0.1, -0.05) is 24.1 Å². The first-order valence-corrected chi connectivity index (χ1v) is 6.90. The highest BCUT2D eigenvalue weighted by atomic mass is 16.3. The van der Waals surface area contributed by atoms with E-state index in [-0.39, 0.29) is 0 Å². The number of piperidine rings is 1. The van der Waals surface area contributed by atoms with Crippen molar-refractivity contribution in [2.75, 3.05) is 25.0 Å². The molecule has 0 aromatic heterocycles. The number of hydrogen-bond acceptors (Lipinski definition) is 3. The van der Waals surface area contributed by atoms with Crippen molar-refractivity contribution in [3.63, 3.8) is 0 Å². The van der Waals surface area contributed by atoms with Crippen molar-refractivity contribution in [3.05, 3.63) is 29.8 Å². The number of aliphatic hydroxyl groups excluding tert-OH is 1. The summed E-state index contributed by atoms with van der Waals surface area (Å²) >= 11 is 0. The number of anilines is 1. The predicted octanol–water partition coefficient (Wildman–Crippen LogP) is 2.25. The second-order valence-electron chi connectivity index (χ2n) is 5.16. The van der Waals surface area contributed by atoms with Crippen molar-refractivity contribution >= 4 is 5.69 Å². The van der Waals surface area contributed by atoms with Crippen LogP contribution in [0.25, 0.3) is 0 Å². The molecule has 1 aliphatic heterocycles. The Balaban J connectivity index is 1.94. The highest BCUT2D eigenvalue weighted by Gasteiger charge is 2.19. The first-order chi connectivity index (χ1) is 9.20. The Morgan fingerprint density at radius 3 is 2.74 bits per heavy atom. The van der Waals surface area contributed by atoms with Crippen LogP contribution in [0.15, 0.2) is 24.3 Å². The topological polar surface area (TPSA) is 35.5 Å². The van der Waals surface area contributed by atoms with E-state index >= 15 is 0 Å². The van der Waals surface area contributed by atoms with E-state index in [1.165, 1.54) is 0 Å². The van der Waals surface area contributed by atoms with Gasteiger partial charge < -0.3 is 10.4 Å². The first-order valence-electron chi connectivity index (χ1n) is 6.90. The van der Waals surface area contributed by atoms with E-state index in [0.29, 0.717) is 6.04 Å². The van der Waals surface area contributed by atoms with Gasteiger partial charge in [-0.25, -0.2) is 0 Å². The van der Waals surface area contributed by atoms with Gasteiger partial charge in [0.25, 0.3) is 0 Å². The maximum absolute atomic E-state index is 9.78. The Hall–Kier alpha value is -1.50. The molecule has 0 bridgehead atoms. The molecule has 1 aromatic rings. The SMILES string of the molecule is C#CCN1CCC(Nc2ccccc2C(C)O)CC1. The molecule has 2 rings (SSSR count). The summed E-state index contributed by atoms with van der Waals surface area (Å²) in [5.74, 6) is 2.70. The summed E-state index contributed by atoms with van der Waals surface area (Å²) in [6.07, 6.45) is 7.08. The van der Waals surface area contributed by atoms with Crippen LogP contribution in [-0.2, 0) is 0 Å². The smallest absolute Gasteiger partial charge is 0.0781 e. The van der Waals surface area contributed by atoms with Crippen molar-refractivity contribution in [2.45, 2.75) is 31.9 Å². The van der Waals surface area contributed by atoms with Crippen LogP contribution < -0.4 is 5.32 Å². The number of hydrogen-bond donors (Lipinski definition) is 2. The van der Waals surface area contributed by atoms with E-state index in [1.54, 1.807) is 6.92 Å². The lowest BCUT2D eigenvalue weighted by Gasteiger charge is -2.32. The molecular weight excluding hydrogens is 236 g/mol. The predicted molar refractivity (Wildman–Crippen MR) is 79.0 cm³/mol. The van der Waals surface area contributed by atoms with Crippen LogP contribution in [0.4, 0.5) is 5.69 Å². The Morgan fingerprint density at radius 2 is 2.11 bits per heavy atom. The van der Waals surface area contributed by atoms with Gasteiger partial charge in [0.15, 0.2) is 0 Å². The number of rotatable bonds is 4. The number of para-hydroxylation sites is 1. The fraction of sp³-hybridized carbons (Fsp3) is 0.500. The van der Waals surface area contributed by atoms with Crippen molar-refractivity contribution in [2.24, 2.45) is 0 Å². The van der Waals surface area contributed by atoms with Gasteiger partial charge in [0.1, 0.15) is 0 Å². The number of terminal acetylenes is 1. The Kier molecular flexibility index (Phi) is 4.84. The maximum atomic E-state index is 9.78. The zero-order chi connectivity index (χ0) is 13.7. The van der Waals surface area contributed by atoms with Crippen LogP contribution in [0, 0.1) is 12.3 Å². The molecule has 19 heavy (non-hydrogen) atoms. The number of aliphatic hydroxyl groups is 1. The van der Waals surface area contributed by atoms with Gasteiger partial charge in [0, 0.05) is 30.4 Å². The molecule has 0 radical (unpaired) electrons. The molecule has 0 aliphatic carbocycles. The zero-order valence-corrected chi connectivity index (χ0v) is 11.5. The lowest BCUT2D eigenvalue weighted by Crippen LogP contribution is -2.39. The standard InChI is InChI=1S/C16H22N2O/c1-3-10-18-11-8-14(9-12-18)17-16-7-5-4-6-15(16)13(2)19/h1,4-7,13-14,17,19H,8-12H2,2H3. The second kappa shape index (κ2) is 6.60. The fourth-order valence-corrected chi connectivity index (χ4v) is 2.58. The molecule has 0 spiro atoms. The third kappa shape index (κ3) is 3.73. The van der Waals surface area contributed by atoms with Gasteiger partial charge in [-0.3, -0.25) is 4.90 Å². The molecule has 1 fully saturated rings. The average molecular weight is 258 g/mol. The molecule has 3 heteroatoms. The van der Waals surface area contributed by atoms with Gasteiger partial charge in [0.2, 0.25) is 0 Å². The molecule has 3 nitrogen and oxygen atoms in total. The molecule has 1 saturated heterocycles. The van der Waals surface area contributed by atoms with E-state index < -0.39 is 6.10 Å². The van der Waals surface area contributed by atoms with Gasteiger partial charge >= 0.3 is 0 Å². The summed E-state index contributed by atoms with van der Waals surface area (Å²) in [7, 11) is 0. The largest absolute Gasteiger partial charge is 0.389 e. The van der Waals surface area contributed by atoms with Crippen LogP contribution in [0.3, 0.4) is 0 Å². The van der Waals surface area contributed by atoms with E-state index in [2.05, 4.69) is 16.1 Å². The molecule has 0 amide bonds. The normalized spacial score (nSPS) is 18.8. The monoisotopic (exact) mass is 258 g/mol. The number of benzene rings is 1. The lowest BCUT2D eigenvalue weighted by molar-refractivity contribution is 0.199. The van der Waals surface area contributed by atoms with Crippen LogP contribution in [0.2, 0.25) is 0 Å². The quantitative estimate of drug-likeness (QED) is 0.813. The van der Waals surface area contributed by atoms with Crippen molar-refractivity contribution < 1.29 is 5.11 Å². The molecule has 1 atom stereocenters. The van der Waals surface area contributed by atoms with Crippen molar-refractivity contribution in [3.8, 4) is 12.3 Å². The minimum atomic E-state index is -0.440. The highest BCUT2D eigenvalue weighted by molar-refractivity contribution is 5.52. The van der Waals surface area contributed by atoms with Gasteiger partial charge in [-0.15, -0.1) is 6.42 Å². The second-order valence-corrected chi connectivity index (χ2v) is 5.16. The molecule has 1 heterocycles. The minimum Gasteiger partial charge on any atom is -0.389 e. The maximum Gasteiger partial charge on any atom is 0.0781 e. The number of nitrogens with zero attached hydrogens (tertiary/aromatic N) is 1. The van der Waals surface area contributed by atoms with Gasteiger partial charge in [-0.2, -0.15) is 0 Å². The number of likely N-dealkylation sites (tertiary alicyclic amines) is 1. The minimum absolute atomic E-state index is 0.440. The Morgan fingerprint density at radius 1 is 1.42 bits per heavy atom. The fourth-order valence-electron chi connectivity index (χ4n) is 2.58. The van der Waals surface area contributed by atoms with Crippen molar-refractivity contribution in [1.29, 1.82) is 0 Å². The highest BCUT2D eigenvalue weighted by Crippen LogP contribution is 2.24. The van der Waals surface area contributed by atoms with E-state index in [4.69, 9.17) is 6.42 Å². The van der Waals surface area contributed by atoms with E-state index in [1.807, 2.05) is 24.3 Å². The molecular formula is C16H22N2O. The van der Waals surface area contributed by atoms with Crippen LogP contribution in [0.5, 0.6) is 0 Å². The summed E-state index contributed by atoms with van der Waals surface area (Å²) in [6.45, 7) is 4.63. The third-order valence-electron chi connectivity index (χ3n) is 3.67. The molecule has 1 unspecified atom stereocenters. The average Bonchev–Trinajstić information content (AvgIpc) is 2.42. The zero-order valence-electron chi connectivity index (χ0n) is 11.5. The van der Waals surface area contributed by atoms with E-state index in [0.717, 1.165) is 43.7 Å². The molecule has 102 valence electrons. The Labute approximate surface area is 115 Å².